The Labute approximate surface area is 61.8 Å². The molecule has 3 aliphatic rings. The number of rotatable bonds is 0. The molecule has 0 amide bonds. The lowest BCUT2D eigenvalue weighted by Gasteiger charge is -2.24. The molecule has 3 fully saturated rings. The van der Waals surface area contributed by atoms with E-state index in [0.717, 1.165) is 18.4 Å². The molecule has 1 spiro atoms. The van der Waals surface area contributed by atoms with Gasteiger partial charge < -0.3 is 4.74 Å². The van der Waals surface area contributed by atoms with E-state index in [1.165, 1.54) is 32.1 Å². The minimum atomic E-state index is 0.435. The first-order valence-corrected chi connectivity index (χ1v) is 4.50. The van der Waals surface area contributed by atoms with Gasteiger partial charge in [0.05, 0.1) is 12.2 Å². The summed E-state index contributed by atoms with van der Waals surface area (Å²) in [6.07, 6.45) is 7.30. The van der Waals surface area contributed by atoms with Gasteiger partial charge in [-0.15, -0.1) is 0 Å². The van der Waals surface area contributed by atoms with Gasteiger partial charge in [-0.05, 0) is 31.1 Å². The van der Waals surface area contributed by atoms with Crippen LogP contribution in [0.5, 0.6) is 0 Å². The maximum atomic E-state index is 5.52. The van der Waals surface area contributed by atoms with E-state index in [1.54, 1.807) is 0 Å². The van der Waals surface area contributed by atoms with Crippen molar-refractivity contribution in [2.24, 2.45) is 11.8 Å². The highest BCUT2D eigenvalue weighted by atomic mass is 16.6. The summed E-state index contributed by atoms with van der Waals surface area (Å²) < 4.78 is 5.52. The molecule has 2 aliphatic carbocycles. The highest BCUT2D eigenvalue weighted by Crippen LogP contribution is 2.52. The molecule has 56 valence electrons. The molecule has 2 bridgehead atoms. The van der Waals surface area contributed by atoms with Gasteiger partial charge in [-0.3, -0.25) is 0 Å². The van der Waals surface area contributed by atoms with E-state index in [-0.39, 0.29) is 0 Å². The molecule has 1 aliphatic heterocycles. The predicted octanol–water partition coefficient (Wildman–Crippen LogP) is 1.97. The summed E-state index contributed by atoms with van der Waals surface area (Å²) in [7, 11) is 0. The molecule has 0 radical (unpaired) electrons. The van der Waals surface area contributed by atoms with Crippen LogP contribution in [0, 0.1) is 11.8 Å². The Morgan fingerprint density at radius 3 is 2.20 bits per heavy atom. The molecule has 1 nitrogen and oxygen atoms in total. The fourth-order valence-electron chi connectivity index (χ4n) is 3.02. The van der Waals surface area contributed by atoms with Crippen LogP contribution in [-0.4, -0.2) is 12.2 Å². The van der Waals surface area contributed by atoms with E-state index in [2.05, 4.69) is 0 Å². The molecule has 0 aromatic rings. The maximum Gasteiger partial charge on any atom is 0.0921 e. The van der Waals surface area contributed by atoms with Gasteiger partial charge in [0.15, 0.2) is 0 Å². The third kappa shape index (κ3) is 0.672. The third-order valence-electron chi connectivity index (χ3n) is 3.52. The Balaban J connectivity index is 1.84. The topological polar surface area (TPSA) is 12.5 Å². The minimum Gasteiger partial charge on any atom is -0.370 e. The second-order valence-electron chi connectivity index (χ2n) is 4.43. The van der Waals surface area contributed by atoms with Crippen molar-refractivity contribution >= 4 is 0 Å². The largest absolute Gasteiger partial charge is 0.370 e. The van der Waals surface area contributed by atoms with Crippen LogP contribution < -0.4 is 0 Å². The molecule has 2 atom stereocenters. The van der Waals surface area contributed by atoms with Gasteiger partial charge >= 0.3 is 0 Å². The van der Waals surface area contributed by atoms with Crippen molar-refractivity contribution in [3.8, 4) is 0 Å². The molecule has 1 saturated heterocycles. The Bertz CT molecular complexity index is 146. The van der Waals surface area contributed by atoms with Gasteiger partial charge in [0.25, 0.3) is 0 Å². The molecule has 3 rings (SSSR count). The summed E-state index contributed by atoms with van der Waals surface area (Å²) in [5, 5.41) is 0. The summed E-state index contributed by atoms with van der Waals surface area (Å²) >= 11 is 0. The van der Waals surface area contributed by atoms with E-state index in [4.69, 9.17) is 4.74 Å². The first-order valence-electron chi connectivity index (χ1n) is 4.50. The van der Waals surface area contributed by atoms with Crippen molar-refractivity contribution in [2.75, 3.05) is 6.61 Å². The first-order chi connectivity index (χ1) is 4.86. The van der Waals surface area contributed by atoms with Gasteiger partial charge in [-0.2, -0.15) is 0 Å². The lowest BCUT2D eigenvalue weighted by Crippen LogP contribution is -2.23. The van der Waals surface area contributed by atoms with Crippen LogP contribution in [0.2, 0.25) is 0 Å². The summed E-state index contributed by atoms with van der Waals surface area (Å²) in [6.45, 7) is 1.08. The lowest BCUT2D eigenvalue weighted by atomic mass is 9.81. The number of epoxide rings is 1. The van der Waals surface area contributed by atoms with Crippen molar-refractivity contribution in [3.05, 3.63) is 0 Å². The lowest BCUT2D eigenvalue weighted by molar-refractivity contribution is 0.185. The molecule has 1 heterocycles. The average molecular weight is 138 g/mol. The van der Waals surface area contributed by atoms with E-state index in [0.29, 0.717) is 5.60 Å². The zero-order valence-electron chi connectivity index (χ0n) is 6.31. The number of hydrogen-bond acceptors (Lipinski definition) is 1. The second-order valence-corrected chi connectivity index (χ2v) is 4.43. The van der Waals surface area contributed by atoms with Crippen LogP contribution >= 0.6 is 0 Å². The van der Waals surface area contributed by atoms with Crippen molar-refractivity contribution in [3.63, 3.8) is 0 Å². The molecule has 0 aromatic carbocycles. The molecular weight excluding hydrogens is 124 g/mol. The first kappa shape index (κ1) is 5.59. The van der Waals surface area contributed by atoms with Crippen molar-refractivity contribution in [2.45, 2.75) is 37.7 Å². The van der Waals surface area contributed by atoms with Gasteiger partial charge in [0.1, 0.15) is 0 Å². The third-order valence-corrected chi connectivity index (χ3v) is 3.52. The fraction of sp³-hybridized carbons (Fsp3) is 1.00. The predicted molar refractivity (Wildman–Crippen MR) is 38.7 cm³/mol. The number of ether oxygens (including phenoxy) is 1. The van der Waals surface area contributed by atoms with E-state index in [1.807, 2.05) is 0 Å². The molecule has 2 saturated carbocycles. The average Bonchev–Trinajstić information content (AvgIpc) is 2.56. The Morgan fingerprint density at radius 2 is 1.70 bits per heavy atom. The van der Waals surface area contributed by atoms with Crippen LogP contribution in [0.1, 0.15) is 32.1 Å². The minimum absolute atomic E-state index is 0.435. The summed E-state index contributed by atoms with van der Waals surface area (Å²) in [5.74, 6) is 2.09. The summed E-state index contributed by atoms with van der Waals surface area (Å²) in [4.78, 5) is 0. The van der Waals surface area contributed by atoms with Crippen molar-refractivity contribution in [1.29, 1.82) is 0 Å². The van der Waals surface area contributed by atoms with Crippen LogP contribution in [0.4, 0.5) is 0 Å². The monoisotopic (exact) mass is 138 g/mol. The van der Waals surface area contributed by atoms with Gasteiger partial charge in [0.2, 0.25) is 0 Å². The van der Waals surface area contributed by atoms with Crippen LogP contribution in [-0.2, 0) is 4.74 Å². The highest BCUT2D eigenvalue weighted by Gasteiger charge is 2.52. The van der Waals surface area contributed by atoms with Crippen molar-refractivity contribution < 1.29 is 4.74 Å². The summed E-state index contributed by atoms with van der Waals surface area (Å²) in [5.41, 5.74) is 0.435. The van der Waals surface area contributed by atoms with Crippen molar-refractivity contribution in [1.82, 2.24) is 0 Å². The zero-order chi connectivity index (χ0) is 6.60. The molecule has 1 heteroatoms. The van der Waals surface area contributed by atoms with Crippen LogP contribution in [0.3, 0.4) is 0 Å². The quantitative estimate of drug-likeness (QED) is 0.466. The normalized spacial score (nSPS) is 57.6. The van der Waals surface area contributed by atoms with Gasteiger partial charge in [0, 0.05) is 0 Å². The van der Waals surface area contributed by atoms with E-state index >= 15 is 0 Å². The number of hydrogen-bond donors (Lipinski definition) is 0. The number of fused-ring (bicyclic) bond motifs is 2. The Hall–Kier alpha value is -0.0400. The fourth-order valence-corrected chi connectivity index (χ4v) is 3.02. The second kappa shape index (κ2) is 1.58. The molecule has 2 unspecified atom stereocenters. The molecular formula is C9H14O. The highest BCUT2D eigenvalue weighted by molar-refractivity contribution is 5.02. The van der Waals surface area contributed by atoms with E-state index < -0.39 is 0 Å². The van der Waals surface area contributed by atoms with Gasteiger partial charge in [-0.25, -0.2) is 0 Å². The maximum absolute atomic E-state index is 5.52. The van der Waals surface area contributed by atoms with Crippen LogP contribution in [0.25, 0.3) is 0 Å². The zero-order valence-corrected chi connectivity index (χ0v) is 6.31. The molecule has 0 aromatic heterocycles. The molecule has 10 heavy (non-hydrogen) atoms. The SMILES string of the molecule is C1CC2CC1CC1(CO1)C2. The van der Waals surface area contributed by atoms with Crippen LogP contribution in [0.15, 0.2) is 0 Å². The molecule has 0 N–H and O–H groups in total. The smallest absolute Gasteiger partial charge is 0.0921 e. The van der Waals surface area contributed by atoms with Gasteiger partial charge in [-0.1, -0.05) is 12.8 Å². The van der Waals surface area contributed by atoms with E-state index in [9.17, 15) is 0 Å². The Morgan fingerprint density at radius 1 is 1.10 bits per heavy atom. The summed E-state index contributed by atoms with van der Waals surface area (Å²) in [6, 6.07) is 0. The Kier molecular flexibility index (Phi) is 0.883. The standard InChI is InChI=1S/C9H14O/c1-2-8-3-7(1)4-9(5-8)6-10-9/h7-8H,1-6H2.